The molecule has 0 fully saturated rings. The Morgan fingerprint density at radius 3 is 2.33 bits per heavy atom. The smallest absolute Gasteiger partial charge is 0.272 e. The number of carbonyl (C=O) groups is 2. The van der Waals surface area contributed by atoms with Crippen molar-refractivity contribution in [1.29, 1.82) is 0 Å². The van der Waals surface area contributed by atoms with Gasteiger partial charge in [-0.3, -0.25) is 25.2 Å². The van der Waals surface area contributed by atoms with Crippen molar-refractivity contribution in [2.75, 3.05) is 0 Å². The summed E-state index contributed by atoms with van der Waals surface area (Å²) in [4.78, 5) is 37.9. The Bertz CT molecular complexity index is 1200. The summed E-state index contributed by atoms with van der Waals surface area (Å²) in [6.45, 7) is 5.45. The number of aryl methyl sites for hydroxylation is 1. The maximum Gasteiger partial charge on any atom is 0.290 e. The van der Waals surface area contributed by atoms with E-state index in [-0.39, 0.29) is 11.3 Å². The van der Waals surface area contributed by atoms with Crippen molar-refractivity contribution in [2.45, 2.75) is 32.7 Å². The van der Waals surface area contributed by atoms with Crippen LogP contribution in [-0.4, -0.2) is 21.6 Å². The van der Waals surface area contributed by atoms with E-state index in [2.05, 4.69) is 16.0 Å². The lowest BCUT2D eigenvalue weighted by atomic mass is 9.84. The Morgan fingerprint density at radius 1 is 1.03 bits per heavy atom. The molecule has 0 saturated heterocycles. The topological polar surface area (TPSA) is 93.1 Å². The highest BCUT2D eigenvalue weighted by molar-refractivity contribution is 6.42. The van der Waals surface area contributed by atoms with Crippen LogP contribution in [0.5, 0.6) is 0 Å². The van der Waals surface area contributed by atoms with E-state index >= 15 is 0 Å². The van der Waals surface area contributed by atoms with Crippen LogP contribution in [0.4, 0.5) is 0 Å². The zero-order valence-electron chi connectivity index (χ0n) is 16.6. The zero-order chi connectivity index (χ0) is 22.1. The van der Waals surface area contributed by atoms with Gasteiger partial charge in [0, 0.05) is 11.9 Å². The fourth-order valence-corrected chi connectivity index (χ4v) is 3.26. The number of nitrogens with one attached hydrogen (secondary N) is 2. The van der Waals surface area contributed by atoms with Crippen LogP contribution in [0.1, 0.15) is 36.8 Å². The van der Waals surface area contributed by atoms with Gasteiger partial charge in [-0.2, -0.15) is 5.10 Å². The zero-order valence-corrected chi connectivity index (χ0v) is 18.1. The summed E-state index contributed by atoms with van der Waals surface area (Å²) in [5.41, 5.74) is 4.21. The van der Waals surface area contributed by atoms with Gasteiger partial charge in [0.2, 0.25) is 5.91 Å². The molecule has 0 unspecified atom stereocenters. The molecule has 0 atom stereocenters. The largest absolute Gasteiger partial charge is 0.290 e. The van der Waals surface area contributed by atoms with Crippen LogP contribution >= 0.6 is 23.2 Å². The molecule has 2 aromatic carbocycles. The van der Waals surface area contributed by atoms with E-state index in [0.29, 0.717) is 32.9 Å². The fraction of sp³-hybridized carbons (Fsp3) is 0.238. The average Bonchev–Trinajstić information content (AvgIpc) is 2.74. The molecular formula is C21H20Cl2N4O3. The van der Waals surface area contributed by atoms with E-state index in [0.717, 1.165) is 0 Å². The van der Waals surface area contributed by atoms with E-state index < -0.39 is 17.2 Å². The van der Waals surface area contributed by atoms with Gasteiger partial charge in [-0.05, 0) is 44.5 Å². The van der Waals surface area contributed by atoms with Gasteiger partial charge in [-0.15, -0.1) is 0 Å². The number of benzene rings is 2. The summed E-state index contributed by atoms with van der Waals surface area (Å²) >= 11 is 12.0. The maximum absolute atomic E-state index is 12.8. The van der Waals surface area contributed by atoms with Gasteiger partial charge in [0.05, 0.1) is 20.8 Å². The van der Waals surface area contributed by atoms with Gasteiger partial charge >= 0.3 is 0 Å². The van der Waals surface area contributed by atoms with Crippen molar-refractivity contribution in [3.8, 4) is 0 Å². The van der Waals surface area contributed by atoms with Crippen LogP contribution in [0.25, 0.3) is 10.8 Å². The van der Waals surface area contributed by atoms with E-state index in [1.165, 1.54) is 4.68 Å². The Hall–Kier alpha value is -2.90. The molecule has 7 nitrogen and oxygen atoms in total. The first-order valence-electron chi connectivity index (χ1n) is 9.23. The molecule has 30 heavy (non-hydrogen) atoms. The second-order valence-electron chi connectivity index (χ2n) is 7.18. The first-order chi connectivity index (χ1) is 14.2. The third-order valence-corrected chi connectivity index (χ3v) is 5.62. The van der Waals surface area contributed by atoms with Crippen molar-refractivity contribution in [3.05, 3.63) is 74.1 Å². The molecule has 1 heterocycles. The Balaban J connectivity index is 1.85. The van der Waals surface area contributed by atoms with Crippen molar-refractivity contribution in [2.24, 2.45) is 0 Å². The Labute approximate surface area is 183 Å². The van der Waals surface area contributed by atoms with Crippen molar-refractivity contribution >= 4 is 45.8 Å². The number of nitrogens with zero attached hydrogens (tertiary/aromatic N) is 2. The molecule has 0 aliphatic carbocycles. The highest BCUT2D eigenvalue weighted by Gasteiger charge is 2.31. The fourth-order valence-electron chi connectivity index (χ4n) is 2.96. The maximum atomic E-state index is 12.8. The van der Waals surface area contributed by atoms with Crippen LogP contribution < -0.4 is 16.4 Å². The Morgan fingerprint density at radius 2 is 1.70 bits per heavy atom. The third-order valence-electron chi connectivity index (χ3n) is 4.88. The minimum atomic E-state index is -1.00. The molecule has 0 saturated carbocycles. The van der Waals surface area contributed by atoms with Crippen LogP contribution in [0.3, 0.4) is 0 Å². The number of carbonyl (C=O) groups excluding carboxylic acids is 2. The molecule has 0 aliphatic rings. The van der Waals surface area contributed by atoms with E-state index in [4.69, 9.17) is 23.2 Å². The number of hydrazine groups is 1. The molecule has 2 N–H and O–H groups in total. The number of rotatable bonds is 4. The Kier molecular flexibility index (Phi) is 6.14. The molecule has 1 aromatic heterocycles. The number of fused-ring (bicyclic) bond motifs is 1. The number of amides is 2. The summed E-state index contributed by atoms with van der Waals surface area (Å²) in [6, 6.07) is 11.6. The normalized spacial score (nSPS) is 11.4. The van der Waals surface area contributed by atoms with Crippen LogP contribution in [0, 0.1) is 0 Å². The SMILES string of the molecule is CCn1nc(C(=O)NNC(=O)C(C)(C)c2ccc(Cl)c(Cl)c2)c2ccccc2c1=O. The highest BCUT2D eigenvalue weighted by Crippen LogP contribution is 2.30. The molecule has 0 aliphatic heterocycles. The molecule has 0 radical (unpaired) electrons. The van der Waals surface area contributed by atoms with Crippen molar-refractivity contribution < 1.29 is 9.59 Å². The number of halogens is 2. The molecule has 9 heteroatoms. The molecule has 2 amide bonds. The van der Waals surface area contributed by atoms with Crippen LogP contribution in [0.15, 0.2) is 47.3 Å². The van der Waals surface area contributed by atoms with Gasteiger partial charge in [-0.25, -0.2) is 4.68 Å². The molecule has 0 bridgehead atoms. The standard InChI is InChI=1S/C21H20Cl2N4O3/c1-4-27-19(29)14-8-6-5-7-13(14)17(26-27)18(28)24-25-20(30)21(2,3)12-9-10-15(22)16(23)11-12/h5-11H,4H2,1-3H3,(H,24,28)(H,25,30). The molecular weight excluding hydrogens is 427 g/mol. The molecule has 0 spiro atoms. The van der Waals surface area contributed by atoms with Crippen molar-refractivity contribution in [3.63, 3.8) is 0 Å². The van der Waals surface area contributed by atoms with Gasteiger partial charge in [-0.1, -0.05) is 47.5 Å². The third kappa shape index (κ3) is 4.04. The lowest BCUT2D eigenvalue weighted by Gasteiger charge is -2.24. The molecule has 3 rings (SSSR count). The minimum Gasteiger partial charge on any atom is -0.272 e. The van der Waals surface area contributed by atoms with Crippen molar-refractivity contribution in [1.82, 2.24) is 20.6 Å². The monoisotopic (exact) mass is 446 g/mol. The number of aromatic nitrogens is 2. The predicted octanol–water partition coefficient (Wildman–Crippen LogP) is 3.46. The van der Waals surface area contributed by atoms with Gasteiger partial charge in [0.1, 0.15) is 0 Å². The van der Waals surface area contributed by atoms with E-state index in [1.807, 2.05) is 0 Å². The lowest BCUT2D eigenvalue weighted by Crippen LogP contribution is -2.49. The van der Waals surface area contributed by atoms with Gasteiger partial charge in [0.25, 0.3) is 11.5 Å². The number of hydrogen-bond donors (Lipinski definition) is 2. The summed E-state index contributed by atoms with van der Waals surface area (Å²) in [6.07, 6.45) is 0. The van der Waals surface area contributed by atoms with E-state index in [9.17, 15) is 14.4 Å². The predicted molar refractivity (Wildman–Crippen MR) is 117 cm³/mol. The minimum absolute atomic E-state index is 0.0414. The highest BCUT2D eigenvalue weighted by atomic mass is 35.5. The lowest BCUT2D eigenvalue weighted by molar-refractivity contribution is -0.126. The summed E-state index contributed by atoms with van der Waals surface area (Å²) in [5, 5.41) is 5.64. The van der Waals surface area contributed by atoms with Gasteiger partial charge in [0.15, 0.2) is 5.69 Å². The quantitative estimate of drug-likeness (QED) is 0.600. The second-order valence-corrected chi connectivity index (χ2v) is 7.99. The molecule has 3 aromatic rings. The average molecular weight is 447 g/mol. The first kappa shape index (κ1) is 21.8. The first-order valence-corrected chi connectivity index (χ1v) is 9.98. The van der Waals surface area contributed by atoms with Crippen LogP contribution in [0.2, 0.25) is 10.0 Å². The number of hydrogen-bond acceptors (Lipinski definition) is 4. The summed E-state index contributed by atoms with van der Waals surface area (Å²) in [7, 11) is 0. The molecule has 156 valence electrons. The van der Waals surface area contributed by atoms with E-state index in [1.54, 1.807) is 63.2 Å². The van der Waals surface area contributed by atoms with Crippen LogP contribution in [-0.2, 0) is 16.8 Å². The summed E-state index contributed by atoms with van der Waals surface area (Å²) in [5.74, 6) is -1.09. The van der Waals surface area contributed by atoms with Gasteiger partial charge < -0.3 is 0 Å². The summed E-state index contributed by atoms with van der Waals surface area (Å²) < 4.78 is 1.21. The second kappa shape index (κ2) is 8.45.